The van der Waals surface area contributed by atoms with E-state index in [1.54, 1.807) is 0 Å². The van der Waals surface area contributed by atoms with Gasteiger partial charge in [-0.15, -0.1) is 0 Å². The van der Waals surface area contributed by atoms with Gasteiger partial charge in [-0.1, -0.05) is 6.07 Å². The third-order valence-corrected chi connectivity index (χ3v) is 2.95. The minimum Gasteiger partial charge on any atom is -0.378 e. The molecule has 0 radical (unpaired) electrons. The summed E-state index contributed by atoms with van der Waals surface area (Å²) < 4.78 is 5.57. The van der Waals surface area contributed by atoms with E-state index >= 15 is 0 Å². The SMILES string of the molecule is Cc1ccc(CNCCC2CCCO2)nc1. The first kappa shape index (κ1) is 11.6. The highest BCUT2D eigenvalue weighted by molar-refractivity contribution is 5.11. The van der Waals surface area contributed by atoms with E-state index in [2.05, 4.69) is 29.4 Å². The molecule has 16 heavy (non-hydrogen) atoms. The molecule has 1 aromatic heterocycles. The average molecular weight is 220 g/mol. The first-order chi connectivity index (χ1) is 7.84. The Hall–Kier alpha value is -0.930. The Kier molecular flexibility index (Phi) is 4.31. The van der Waals surface area contributed by atoms with Crippen molar-refractivity contribution in [2.75, 3.05) is 13.2 Å². The zero-order valence-electron chi connectivity index (χ0n) is 9.91. The summed E-state index contributed by atoms with van der Waals surface area (Å²) in [6, 6.07) is 4.18. The zero-order chi connectivity index (χ0) is 11.2. The molecule has 1 aliphatic rings. The second-order valence-electron chi connectivity index (χ2n) is 4.43. The first-order valence-electron chi connectivity index (χ1n) is 6.08. The van der Waals surface area contributed by atoms with Gasteiger partial charge in [0.15, 0.2) is 0 Å². The van der Waals surface area contributed by atoms with Crippen LogP contribution in [0.3, 0.4) is 0 Å². The van der Waals surface area contributed by atoms with Crippen LogP contribution in [-0.2, 0) is 11.3 Å². The standard InChI is InChI=1S/C13H20N2O/c1-11-4-5-12(15-9-11)10-14-7-6-13-3-2-8-16-13/h4-5,9,13-14H,2-3,6-8,10H2,1H3. The summed E-state index contributed by atoms with van der Waals surface area (Å²) in [5.74, 6) is 0. The fourth-order valence-corrected chi connectivity index (χ4v) is 1.95. The van der Waals surface area contributed by atoms with Crippen LogP contribution in [0.4, 0.5) is 0 Å². The highest BCUT2D eigenvalue weighted by Crippen LogP contribution is 2.14. The molecule has 0 aliphatic carbocycles. The predicted molar refractivity (Wildman–Crippen MR) is 64.3 cm³/mol. The molecule has 88 valence electrons. The van der Waals surface area contributed by atoms with Crippen LogP contribution in [0.5, 0.6) is 0 Å². The Labute approximate surface area is 97.2 Å². The monoisotopic (exact) mass is 220 g/mol. The molecule has 3 heteroatoms. The number of ether oxygens (including phenoxy) is 1. The van der Waals surface area contributed by atoms with E-state index in [1.807, 2.05) is 6.20 Å². The largest absolute Gasteiger partial charge is 0.378 e. The topological polar surface area (TPSA) is 34.1 Å². The minimum absolute atomic E-state index is 0.485. The van der Waals surface area contributed by atoms with E-state index in [-0.39, 0.29) is 0 Å². The van der Waals surface area contributed by atoms with E-state index < -0.39 is 0 Å². The van der Waals surface area contributed by atoms with Crippen LogP contribution in [0.25, 0.3) is 0 Å². The maximum absolute atomic E-state index is 5.57. The molecule has 0 saturated carbocycles. The lowest BCUT2D eigenvalue weighted by atomic mass is 10.2. The zero-order valence-corrected chi connectivity index (χ0v) is 9.91. The van der Waals surface area contributed by atoms with Crippen LogP contribution in [-0.4, -0.2) is 24.2 Å². The van der Waals surface area contributed by atoms with Gasteiger partial charge in [-0.05, 0) is 44.4 Å². The molecule has 0 bridgehead atoms. The quantitative estimate of drug-likeness (QED) is 0.771. The number of aromatic nitrogens is 1. The fourth-order valence-electron chi connectivity index (χ4n) is 1.95. The van der Waals surface area contributed by atoms with Crippen LogP contribution in [0.1, 0.15) is 30.5 Å². The van der Waals surface area contributed by atoms with Crippen molar-refractivity contribution < 1.29 is 4.74 Å². The molecule has 1 aromatic rings. The average Bonchev–Trinajstić information content (AvgIpc) is 2.80. The summed E-state index contributed by atoms with van der Waals surface area (Å²) in [5.41, 5.74) is 2.32. The maximum atomic E-state index is 5.57. The summed E-state index contributed by atoms with van der Waals surface area (Å²) in [4.78, 5) is 4.35. The van der Waals surface area contributed by atoms with Crippen LogP contribution in [0.2, 0.25) is 0 Å². The lowest BCUT2D eigenvalue weighted by molar-refractivity contribution is 0.104. The van der Waals surface area contributed by atoms with E-state index in [0.717, 1.165) is 31.8 Å². The second kappa shape index (κ2) is 5.97. The van der Waals surface area contributed by atoms with E-state index in [0.29, 0.717) is 6.10 Å². The van der Waals surface area contributed by atoms with Gasteiger partial charge in [0.25, 0.3) is 0 Å². The molecule has 1 aliphatic heterocycles. The highest BCUT2D eigenvalue weighted by Gasteiger charge is 2.14. The number of rotatable bonds is 5. The summed E-state index contributed by atoms with van der Waals surface area (Å²) in [7, 11) is 0. The number of aryl methyl sites for hydroxylation is 1. The molecule has 2 rings (SSSR count). The van der Waals surface area contributed by atoms with Gasteiger partial charge in [0.05, 0.1) is 11.8 Å². The van der Waals surface area contributed by atoms with Crippen molar-refractivity contribution in [1.82, 2.24) is 10.3 Å². The summed E-state index contributed by atoms with van der Waals surface area (Å²) >= 11 is 0. The van der Waals surface area contributed by atoms with Gasteiger partial charge in [-0.2, -0.15) is 0 Å². The van der Waals surface area contributed by atoms with Crippen molar-refractivity contribution in [3.63, 3.8) is 0 Å². The first-order valence-corrected chi connectivity index (χ1v) is 6.08. The number of nitrogens with one attached hydrogen (secondary N) is 1. The molecule has 0 aromatic carbocycles. The molecular formula is C13H20N2O. The number of nitrogens with zero attached hydrogens (tertiary/aromatic N) is 1. The van der Waals surface area contributed by atoms with Crippen molar-refractivity contribution in [3.05, 3.63) is 29.6 Å². The van der Waals surface area contributed by atoms with E-state index in [9.17, 15) is 0 Å². The number of hydrogen-bond acceptors (Lipinski definition) is 3. The van der Waals surface area contributed by atoms with E-state index in [4.69, 9.17) is 4.74 Å². The molecule has 1 saturated heterocycles. The van der Waals surface area contributed by atoms with Gasteiger partial charge < -0.3 is 10.1 Å². The van der Waals surface area contributed by atoms with Crippen molar-refractivity contribution in [3.8, 4) is 0 Å². The number of pyridine rings is 1. The van der Waals surface area contributed by atoms with Crippen molar-refractivity contribution in [2.24, 2.45) is 0 Å². The molecular weight excluding hydrogens is 200 g/mol. The van der Waals surface area contributed by atoms with Crippen molar-refractivity contribution >= 4 is 0 Å². The molecule has 1 unspecified atom stereocenters. The van der Waals surface area contributed by atoms with Gasteiger partial charge in [-0.25, -0.2) is 0 Å². The maximum Gasteiger partial charge on any atom is 0.0588 e. The van der Waals surface area contributed by atoms with E-state index in [1.165, 1.54) is 18.4 Å². The van der Waals surface area contributed by atoms with Crippen LogP contribution in [0, 0.1) is 6.92 Å². The Morgan fingerprint density at radius 3 is 3.12 bits per heavy atom. The molecule has 2 heterocycles. The van der Waals surface area contributed by atoms with Gasteiger partial charge in [0.2, 0.25) is 0 Å². The van der Waals surface area contributed by atoms with Gasteiger partial charge in [0, 0.05) is 19.3 Å². The number of hydrogen-bond donors (Lipinski definition) is 1. The van der Waals surface area contributed by atoms with Crippen LogP contribution >= 0.6 is 0 Å². The summed E-state index contributed by atoms with van der Waals surface area (Å²) in [5, 5.41) is 3.41. The Bertz CT molecular complexity index is 304. The van der Waals surface area contributed by atoms with Crippen molar-refractivity contribution in [2.45, 2.75) is 38.8 Å². The van der Waals surface area contributed by atoms with Crippen LogP contribution < -0.4 is 5.32 Å². The second-order valence-corrected chi connectivity index (χ2v) is 4.43. The molecule has 3 nitrogen and oxygen atoms in total. The third kappa shape index (κ3) is 3.58. The normalized spacial score (nSPS) is 20.2. The predicted octanol–water partition coefficient (Wildman–Crippen LogP) is 2.05. The molecule has 1 fully saturated rings. The molecule has 0 amide bonds. The molecule has 1 N–H and O–H groups in total. The Morgan fingerprint density at radius 1 is 1.50 bits per heavy atom. The smallest absolute Gasteiger partial charge is 0.0588 e. The van der Waals surface area contributed by atoms with Gasteiger partial charge in [0.1, 0.15) is 0 Å². The third-order valence-electron chi connectivity index (χ3n) is 2.95. The highest BCUT2D eigenvalue weighted by atomic mass is 16.5. The lowest BCUT2D eigenvalue weighted by Crippen LogP contribution is -2.20. The summed E-state index contributed by atoms with van der Waals surface area (Å²) in [6.45, 7) is 4.87. The van der Waals surface area contributed by atoms with Gasteiger partial charge in [-0.3, -0.25) is 4.98 Å². The summed E-state index contributed by atoms with van der Waals surface area (Å²) in [6.07, 6.45) is 5.97. The molecule has 1 atom stereocenters. The lowest BCUT2D eigenvalue weighted by Gasteiger charge is -2.09. The minimum atomic E-state index is 0.485. The Morgan fingerprint density at radius 2 is 2.44 bits per heavy atom. The fraction of sp³-hybridized carbons (Fsp3) is 0.615. The Balaban J connectivity index is 1.62. The van der Waals surface area contributed by atoms with Crippen molar-refractivity contribution in [1.29, 1.82) is 0 Å². The van der Waals surface area contributed by atoms with Crippen LogP contribution in [0.15, 0.2) is 18.3 Å². The molecule has 0 spiro atoms. The van der Waals surface area contributed by atoms with Gasteiger partial charge >= 0.3 is 0 Å².